The highest BCUT2D eigenvalue weighted by Crippen LogP contribution is 2.33. The first-order valence-electron chi connectivity index (χ1n) is 9.50. The Hall–Kier alpha value is -1.67. The zero-order valence-electron chi connectivity index (χ0n) is 16.3. The molecule has 8 nitrogen and oxygen atoms in total. The third-order valence-corrected chi connectivity index (χ3v) is 5.85. The lowest BCUT2D eigenvalue weighted by Crippen LogP contribution is -2.57. The molecule has 27 heavy (non-hydrogen) atoms. The molecule has 2 N–H and O–H groups in total. The van der Waals surface area contributed by atoms with Crippen LogP contribution in [0.15, 0.2) is 0 Å². The summed E-state index contributed by atoms with van der Waals surface area (Å²) in [6, 6.07) is 0.260. The number of hydrogen-bond acceptors (Lipinski definition) is 6. The zero-order valence-corrected chi connectivity index (χ0v) is 17.1. The summed E-state index contributed by atoms with van der Waals surface area (Å²) in [7, 11) is 1.37. The third kappa shape index (κ3) is 4.43. The molecule has 1 aliphatic carbocycles. The van der Waals surface area contributed by atoms with Gasteiger partial charge in [-0.05, 0) is 64.5 Å². The van der Waals surface area contributed by atoms with Gasteiger partial charge < -0.3 is 15.4 Å². The highest BCUT2D eigenvalue weighted by molar-refractivity contribution is 5.97. The number of rotatable bonds is 4. The van der Waals surface area contributed by atoms with Crippen molar-refractivity contribution in [3.8, 4) is 0 Å². The number of aromatic nitrogens is 3. The first kappa shape index (κ1) is 21.6. The summed E-state index contributed by atoms with van der Waals surface area (Å²) in [5.74, 6) is -0.170. The van der Waals surface area contributed by atoms with Crippen molar-refractivity contribution < 1.29 is 14.3 Å². The summed E-state index contributed by atoms with van der Waals surface area (Å²) >= 11 is 0. The van der Waals surface area contributed by atoms with Crippen LogP contribution >= 0.6 is 12.4 Å². The number of amides is 1. The summed E-state index contributed by atoms with van der Waals surface area (Å²) in [6.45, 7) is 5.91. The van der Waals surface area contributed by atoms with Crippen LogP contribution in [0.3, 0.4) is 0 Å². The van der Waals surface area contributed by atoms with Crippen molar-refractivity contribution in [2.45, 2.75) is 64.0 Å². The summed E-state index contributed by atoms with van der Waals surface area (Å²) in [6.07, 6.45) is 4.89. The number of carbonyl (C=O) groups excluding carboxylic acids is 2. The van der Waals surface area contributed by atoms with Crippen LogP contribution in [0, 0.1) is 12.8 Å². The van der Waals surface area contributed by atoms with E-state index in [1.54, 1.807) is 0 Å². The van der Waals surface area contributed by atoms with E-state index in [1.165, 1.54) is 7.11 Å². The number of ether oxygens (including phenoxy) is 1. The SMILES string of the molecule is COC(=O)C1(NC(=O)c2nnn(C3CCNCC3)c2C)CCC(C)CC1.Cl. The zero-order chi connectivity index (χ0) is 18.7. The molecule has 0 spiro atoms. The summed E-state index contributed by atoms with van der Waals surface area (Å²) in [5, 5.41) is 14.6. The van der Waals surface area contributed by atoms with Crippen molar-refractivity contribution in [1.82, 2.24) is 25.6 Å². The smallest absolute Gasteiger partial charge is 0.331 e. The molecular formula is C18H30ClN5O3. The molecule has 2 heterocycles. The highest BCUT2D eigenvalue weighted by atomic mass is 35.5. The van der Waals surface area contributed by atoms with E-state index >= 15 is 0 Å². The van der Waals surface area contributed by atoms with Gasteiger partial charge in [0.15, 0.2) is 5.69 Å². The fraction of sp³-hybridized carbons (Fsp3) is 0.778. The molecule has 0 bridgehead atoms. The molecule has 1 aliphatic heterocycles. The molecule has 152 valence electrons. The first-order chi connectivity index (χ1) is 12.5. The number of halogens is 1. The molecule has 0 aromatic carbocycles. The Morgan fingerprint density at radius 3 is 2.44 bits per heavy atom. The minimum absolute atomic E-state index is 0. The standard InChI is InChI=1S/C18H29N5O3.ClH/c1-12-4-8-18(9-5-12,17(25)26-3)20-16(24)15-13(2)23(22-21-15)14-6-10-19-11-7-14;/h12,14,19H,4-11H2,1-3H3,(H,20,24);1H. The van der Waals surface area contributed by atoms with Gasteiger partial charge in [0.25, 0.3) is 5.91 Å². The lowest BCUT2D eigenvalue weighted by atomic mass is 9.77. The van der Waals surface area contributed by atoms with Gasteiger partial charge in [-0.1, -0.05) is 12.1 Å². The van der Waals surface area contributed by atoms with Gasteiger partial charge in [0, 0.05) is 0 Å². The normalized spacial score (nSPS) is 26.1. The van der Waals surface area contributed by atoms with Gasteiger partial charge in [-0.15, -0.1) is 17.5 Å². The quantitative estimate of drug-likeness (QED) is 0.749. The summed E-state index contributed by atoms with van der Waals surface area (Å²) in [4.78, 5) is 25.3. The molecule has 2 fully saturated rings. The van der Waals surface area contributed by atoms with E-state index < -0.39 is 5.54 Å². The largest absolute Gasteiger partial charge is 0.467 e. The van der Waals surface area contributed by atoms with Gasteiger partial charge in [0.05, 0.1) is 18.8 Å². The van der Waals surface area contributed by atoms with Crippen LogP contribution in [0.4, 0.5) is 0 Å². The number of nitrogens with one attached hydrogen (secondary N) is 2. The van der Waals surface area contributed by atoms with Crippen molar-refractivity contribution in [2.24, 2.45) is 5.92 Å². The Morgan fingerprint density at radius 1 is 1.22 bits per heavy atom. The molecule has 1 aromatic rings. The maximum absolute atomic E-state index is 12.9. The topological polar surface area (TPSA) is 98.1 Å². The Labute approximate surface area is 166 Å². The van der Waals surface area contributed by atoms with Gasteiger partial charge >= 0.3 is 5.97 Å². The Bertz CT molecular complexity index is 664. The second-order valence-corrected chi connectivity index (χ2v) is 7.66. The van der Waals surface area contributed by atoms with Crippen molar-refractivity contribution in [2.75, 3.05) is 20.2 Å². The van der Waals surface area contributed by atoms with E-state index in [-0.39, 0.29) is 30.3 Å². The molecule has 2 aliphatic rings. The average molecular weight is 400 g/mol. The maximum atomic E-state index is 12.9. The van der Waals surface area contributed by atoms with Crippen LogP contribution in [0.2, 0.25) is 0 Å². The molecule has 9 heteroatoms. The second kappa shape index (κ2) is 9.01. The van der Waals surface area contributed by atoms with Crippen molar-refractivity contribution in [1.29, 1.82) is 0 Å². The predicted molar refractivity (Wildman–Crippen MR) is 103 cm³/mol. The number of methoxy groups -OCH3 is 1. The molecule has 0 unspecified atom stereocenters. The van der Waals surface area contributed by atoms with E-state index in [1.807, 2.05) is 11.6 Å². The molecule has 1 amide bonds. The number of nitrogens with zero attached hydrogens (tertiary/aromatic N) is 3. The van der Waals surface area contributed by atoms with E-state index in [2.05, 4.69) is 27.9 Å². The lowest BCUT2D eigenvalue weighted by Gasteiger charge is -2.37. The monoisotopic (exact) mass is 399 g/mol. The van der Waals surface area contributed by atoms with E-state index in [4.69, 9.17) is 4.74 Å². The molecule has 0 radical (unpaired) electrons. The lowest BCUT2D eigenvalue weighted by molar-refractivity contribution is -0.150. The maximum Gasteiger partial charge on any atom is 0.331 e. The molecular weight excluding hydrogens is 370 g/mol. The van der Waals surface area contributed by atoms with E-state index in [9.17, 15) is 9.59 Å². The molecule has 3 rings (SSSR count). The summed E-state index contributed by atoms with van der Waals surface area (Å²) < 4.78 is 6.84. The van der Waals surface area contributed by atoms with Crippen LogP contribution in [0.25, 0.3) is 0 Å². The fourth-order valence-corrected chi connectivity index (χ4v) is 4.06. The van der Waals surface area contributed by atoms with Gasteiger partial charge in [0.1, 0.15) is 5.54 Å². The minimum atomic E-state index is -0.955. The van der Waals surface area contributed by atoms with Crippen molar-refractivity contribution in [3.05, 3.63) is 11.4 Å². The second-order valence-electron chi connectivity index (χ2n) is 7.66. The van der Waals surface area contributed by atoms with Crippen LogP contribution in [0.5, 0.6) is 0 Å². The van der Waals surface area contributed by atoms with Crippen molar-refractivity contribution >= 4 is 24.3 Å². The van der Waals surface area contributed by atoms with Crippen LogP contribution in [-0.2, 0) is 9.53 Å². The Kier molecular flexibility index (Phi) is 7.22. The number of esters is 1. The van der Waals surface area contributed by atoms with Gasteiger partial charge in [-0.2, -0.15) is 0 Å². The molecule has 1 saturated carbocycles. The highest BCUT2D eigenvalue weighted by Gasteiger charge is 2.44. The number of carbonyl (C=O) groups is 2. The fourth-order valence-electron chi connectivity index (χ4n) is 4.06. The van der Waals surface area contributed by atoms with Crippen LogP contribution in [-0.4, -0.2) is 52.6 Å². The van der Waals surface area contributed by atoms with Crippen LogP contribution < -0.4 is 10.6 Å². The average Bonchev–Trinajstić information content (AvgIpc) is 3.05. The van der Waals surface area contributed by atoms with Gasteiger partial charge in [-0.3, -0.25) is 4.79 Å². The first-order valence-corrected chi connectivity index (χ1v) is 9.50. The molecule has 0 atom stereocenters. The van der Waals surface area contributed by atoms with Gasteiger partial charge in [-0.25, -0.2) is 9.48 Å². The van der Waals surface area contributed by atoms with Crippen LogP contribution in [0.1, 0.15) is 67.7 Å². The predicted octanol–water partition coefficient (Wildman–Crippen LogP) is 1.78. The van der Waals surface area contributed by atoms with E-state index in [0.717, 1.165) is 44.5 Å². The number of hydrogen-bond donors (Lipinski definition) is 2. The summed E-state index contributed by atoms with van der Waals surface area (Å²) in [5.41, 5.74) is 0.0904. The molecule has 1 saturated heterocycles. The Balaban J connectivity index is 0.00000261. The third-order valence-electron chi connectivity index (χ3n) is 5.85. The van der Waals surface area contributed by atoms with E-state index in [0.29, 0.717) is 24.5 Å². The molecule has 1 aromatic heterocycles. The van der Waals surface area contributed by atoms with Crippen molar-refractivity contribution in [3.63, 3.8) is 0 Å². The minimum Gasteiger partial charge on any atom is -0.467 e. The Morgan fingerprint density at radius 2 is 1.85 bits per heavy atom. The van der Waals surface area contributed by atoms with Gasteiger partial charge in [0.2, 0.25) is 0 Å². The number of piperidine rings is 1.